The maximum atomic E-state index is 14.0. The van der Waals surface area contributed by atoms with Crippen LogP contribution in [0.3, 0.4) is 0 Å². The zero-order chi connectivity index (χ0) is 19.3. The molecular weight excluding hydrogens is 376 g/mol. The van der Waals surface area contributed by atoms with Crippen molar-refractivity contribution in [3.05, 3.63) is 53.8 Å². The molecule has 0 amide bonds. The van der Waals surface area contributed by atoms with Crippen molar-refractivity contribution in [1.82, 2.24) is 9.80 Å². The summed E-state index contributed by atoms with van der Waals surface area (Å²) in [6.07, 6.45) is 0. The molecule has 1 saturated heterocycles. The molecule has 0 aliphatic carbocycles. The quantitative estimate of drug-likeness (QED) is 0.782. The number of hydrogen-bond acceptors (Lipinski definition) is 6. The first kappa shape index (κ1) is 19.4. The zero-order valence-electron chi connectivity index (χ0n) is 15.7. The van der Waals surface area contributed by atoms with Gasteiger partial charge >= 0.3 is 0 Å². The van der Waals surface area contributed by atoms with E-state index in [0.717, 1.165) is 59.6 Å². The summed E-state index contributed by atoms with van der Waals surface area (Å²) in [5.41, 5.74) is 1.79. The largest absolute Gasteiger partial charge is 0.394 e. The Kier molecular flexibility index (Phi) is 6.26. The number of ether oxygens (including phenoxy) is 1. The summed E-state index contributed by atoms with van der Waals surface area (Å²) < 4.78 is 19.4. The van der Waals surface area contributed by atoms with Crippen LogP contribution in [0.1, 0.15) is 5.56 Å². The third-order valence-corrected chi connectivity index (χ3v) is 6.09. The van der Waals surface area contributed by atoms with E-state index in [-0.39, 0.29) is 12.4 Å². The molecule has 28 heavy (non-hydrogen) atoms. The molecule has 2 aliphatic rings. The van der Waals surface area contributed by atoms with E-state index in [1.54, 1.807) is 17.8 Å². The molecule has 0 bridgehead atoms. The molecule has 0 spiro atoms. The van der Waals surface area contributed by atoms with Crippen LogP contribution in [0, 0.1) is 5.82 Å². The number of amidine groups is 1. The van der Waals surface area contributed by atoms with Crippen molar-refractivity contribution in [2.45, 2.75) is 9.79 Å². The van der Waals surface area contributed by atoms with Gasteiger partial charge in [-0.2, -0.15) is 0 Å². The van der Waals surface area contributed by atoms with E-state index in [9.17, 15) is 4.39 Å². The maximum absolute atomic E-state index is 14.0. The van der Waals surface area contributed by atoms with E-state index in [0.29, 0.717) is 13.2 Å². The van der Waals surface area contributed by atoms with Crippen LogP contribution in [0.25, 0.3) is 0 Å². The average Bonchev–Trinajstić information content (AvgIpc) is 2.88. The summed E-state index contributed by atoms with van der Waals surface area (Å²) in [7, 11) is 0. The Morgan fingerprint density at radius 1 is 1.04 bits per heavy atom. The first-order valence-electron chi connectivity index (χ1n) is 9.56. The summed E-state index contributed by atoms with van der Waals surface area (Å²) in [5, 5.41) is 8.79. The van der Waals surface area contributed by atoms with Crippen LogP contribution >= 0.6 is 11.8 Å². The van der Waals surface area contributed by atoms with Crippen LogP contribution in [0.15, 0.2) is 57.2 Å². The number of rotatable bonds is 5. The van der Waals surface area contributed by atoms with Gasteiger partial charge in [0.2, 0.25) is 0 Å². The lowest BCUT2D eigenvalue weighted by molar-refractivity contribution is 0.0652. The fraction of sp³-hybridized carbons (Fsp3) is 0.381. The van der Waals surface area contributed by atoms with E-state index in [1.807, 2.05) is 24.3 Å². The lowest BCUT2D eigenvalue weighted by Crippen LogP contribution is -2.49. The molecule has 2 aromatic carbocycles. The number of aliphatic hydroxyl groups is 1. The molecule has 0 unspecified atom stereocenters. The molecule has 2 aromatic rings. The van der Waals surface area contributed by atoms with Gasteiger partial charge < -0.3 is 14.7 Å². The van der Waals surface area contributed by atoms with Gasteiger partial charge in [0, 0.05) is 48.1 Å². The molecule has 0 aromatic heterocycles. The Morgan fingerprint density at radius 3 is 2.68 bits per heavy atom. The molecule has 0 atom stereocenters. The Bertz CT molecular complexity index is 853. The van der Waals surface area contributed by atoms with E-state index in [1.165, 1.54) is 6.07 Å². The van der Waals surface area contributed by atoms with E-state index >= 15 is 0 Å². The molecule has 2 aliphatic heterocycles. The molecule has 1 fully saturated rings. The lowest BCUT2D eigenvalue weighted by atomic mass is 10.1. The second kappa shape index (κ2) is 9.05. The van der Waals surface area contributed by atoms with Gasteiger partial charge in [0.15, 0.2) is 0 Å². The van der Waals surface area contributed by atoms with Crippen LogP contribution in [0.4, 0.5) is 10.1 Å². The highest BCUT2D eigenvalue weighted by atomic mass is 32.2. The second-order valence-electron chi connectivity index (χ2n) is 6.81. The minimum atomic E-state index is -0.238. The van der Waals surface area contributed by atoms with Gasteiger partial charge in [0.1, 0.15) is 11.7 Å². The number of hydrogen-bond donors (Lipinski definition) is 1. The van der Waals surface area contributed by atoms with Crippen molar-refractivity contribution in [2.75, 3.05) is 52.5 Å². The SMILES string of the molecule is OCCOCCN1CCN(C2=Nc3ccccc3Sc3ccc([18F])cc32)CC1. The van der Waals surface area contributed by atoms with Gasteiger partial charge in [-0.3, -0.25) is 4.90 Å². The molecule has 2 heterocycles. The third kappa shape index (κ3) is 4.38. The van der Waals surface area contributed by atoms with Crippen LogP contribution < -0.4 is 0 Å². The van der Waals surface area contributed by atoms with Crippen molar-refractivity contribution >= 4 is 23.3 Å². The highest BCUT2D eigenvalue weighted by Gasteiger charge is 2.25. The predicted octanol–water partition coefficient (Wildman–Crippen LogP) is 3.00. The predicted molar refractivity (Wildman–Crippen MR) is 109 cm³/mol. The van der Waals surface area contributed by atoms with Crippen LogP contribution in [-0.2, 0) is 4.74 Å². The number of piperazine rings is 1. The lowest BCUT2D eigenvalue weighted by Gasteiger charge is -2.36. The number of halogens is 1. The van der Waals surface area contributed by atoms with Crippen LogP contribution in [-0.4, -0.2) is 73.3 Å². The first-order valence-corrected chi connectivity index (χ1v) is 10.4. The third-order valence-electron chi connectivity index (χ3n) is 4.95. The summed E-state index contributed by atoms with van der Waals surface area (Å²) in [6.45, 7) is 5.40. The number of para-hydroxylation sites is 1. The Balaban J connectivity index is 1.54. The van der Waals surface area contributed by atoms with Crippen molar-refractivity contribution in [3.63, 3.8) is 0 Å². The number of aliphatic imine (C=N–C) groups is 1. The summed E-state index contributed by atoms with van der Waals surface area (Å²) in [5.74, 6) is 0.612. The van der Waals surface area contributed by atoms with Crippen molar-refractivity contribution < 1.29 is 14.2 Å². The molecular formula is C21H24FN3O2S. The molecule has 4 rings (SSSR count). The second-order valence-corrected chi connectivity index (χ2v) is 7.89. The molecule has 148 valence electrons. The fourth-order valence-corrected chi connectivity index (χ4v) is 4.48. The van der Waals surface area contributed by atoms with Crippen molar-refractivity contribution in [3.8, 4) is 0 Å². The summed E-state index contributed by atoms with van der Waals surface area (Å²) >= 11 is 1.64. The maximum Gasteiger partial charge on any atom is 0.137 e. The van der Waals surface area contributed by atoms with Gasteiger partial charge in [0.05, 0.1) is 25.5 Å². The van der Waals surface area contributed by atoms with Gasteiger partial charge in [-0.25, -0.2) is 9.38 Å². The number of nitrogens with zero attached hydrogens (tertiary/aromatic N) is 3. The van der Waals surface area contributed by atoms with Gasteiger partial charge in [0.25, 0.3) is 0 Å². The van der Waals surface area contributed by atoms with Gasteiger partial charge in [-0.15, -0.1) is 0 Å². The van der Waals surface area contributed by atoms with E-state index in [4.69, 9.17) is 14.8 Å². The summed E-state index contributed by atoms with van der Waals surface area (Å²) in [4.78, 5) is 11.7. The number of benzene rings is 2. The van der Waals surface area contributed by atoms with Gasteiger partial charge in [-0.05, 0) is 30.3 Å². The molecule has 1 N–H and O–H groups in total. The van der Waals surface area contributed by atoms with Crippen LogP contribution in [0.2, 0.25) is 0 Å². The van der Waals surface area contributed by atoms with Crippen molar-refractivity contribution in [2.24, 2.45) is 4.99 Å². The minimum Gasteiger partial charge on any atom is -0.394 e. The topological polar surface area (TPSA) is 48.3 Å². The standard InChI is InChI=1S/C21H24FN3O2S/c22-16-5-6-19-17(15-16)21(23-18-3-1-2-4-20(18)28-19)25-9-7-24(8-10-25)11-13-27-14-12-26/h1-6,15,26H,7-14H2/i22-1. The Morgan fingerprint density at radius 2 is 1.86 bits per heavy atom. The van der Waals surface area contributed by atoms with Gasteiger partial charge in [-0.1, -0.05) is 23.9 Å². The summed E-state index contributed by atoms with van der Waals surface area (Å²) in [6, 6.07) is 13.0. The highest BCUT2D eigenvalue weighted by molar-refractivity contribution is 7.99. The highest BCUT2D eigenvalue weighted by Crippen LogP contribution is 2.40. The average molecular weight is 401 g/mol. The van der Waals surface area contributed by atoms with Crippen LogP contribution in [0.5, 0.6) is 0 Å². The minimum absolute atomic E-state index is 0.0586. The fourth-order valence-electron chi connectivity index (χ4n) is 3.48. The van der Waals surface area contributed by atoms with E-state index < -0.39 is 0 Å². The smallest absolute Gasteiger partial charge is 0.137 e. The molecule has 7 heteroatoms. The number of fused-ring (bicyclic) bond motifs is 2. The normalized spacial score (nSPS) is 16.9. The molecule has 0 saturated carbocycles. The van der Waals surface area contributed by atoms with E-state index in [2.05, 4.69) is 15.9 Å². The Hall–Kier alpha value is -1.93. The molecule has 5 nitrogen and oxygen atoms in total. The molecule has 0 radical (unpaired) electrons. The zero-order valence-corrected chi connectivity index (χ0v) is 16.5. The van der Waals surface area contributed by atoms with Crippen molar-refractivity contribution in [1.29, 1.82) is 0 Å². The number of aliphatic hydroxyl groups excluding tert-OH is 1. The monoisotopic (exact) mass is 400 g/mol. The Labute approximate surface area is 168 Å². The first-order chi connectivity index (χ1) is 13.7.